The first-order chi connectivity index (χ1) is 9.02. The van der Waals surface area contributed by atoms with Crippen LogP contribution in [0.3, 0.4) is 0 Å². The number of aryl methyl sites for hydroxylation is 3. The zero-order chi connectivity index (χ0) is 14.0. The summed E-state index contributed by atoms with van der Waals surface area (Å²) in [6.07, 6.45) is 4.00. The van der Waals surface area contributed by atoms with Gasteiger partial charge in [0.05, 0.1) is 24.3 Å². The molecule has 1 amide bonds. The summed E-state index contributed by atoms with van der Waals surface area (Å²) in [7, 11) is 1.81. The van der Waals surface area contributed by atoms with Crippen LogP contribution < -0.4 is 5.32 Å². The van der Waals surface area contributed by atoms with Crippen LogP contribution in [0.5, 0.6) is 0 Å². The predicted octanol–water partition coefficient (Wildman–Crippen LogP) is 2.37. The van der Waals surface area contributed by atoms with Crippen molar-refractivity contribution in [1.82, 2.24) is 19.9 Å². The number of carbonyl (C=O) groups is 1. The molecule has 6 heteroatoms. The van der Waals surface area contributed by atoms with Crippen LogP contribution in [0.25, 0.3) is 0 Å². The molecule has 2 heterocycles. The summed E-state index contributed by atoms with van der Waals surface area (Å²) in [4.78, 5) is 21.8. The molecule has 0 aliphatic carbocycles. The fraction of sp³-hybridized carbons (Fsp3) is 0.462. The summed E-state index contributed by atoms with van der Waals surface area (Å²) >= 11 is 1.64. The minimum Gasteiger partial charge on any atom is -0.341 e. The lowest BCUT2D eigenvalue weighted by Crippen LogP contribution is -2.29. The lowest BCUT2D eigenvalue weighted by atomic mass is 10.2. The summed E-state index contributed by atoms with van der Waals surface area (Å²) < 4.78 is 1.71. The van der Waals surface area contributed by atoms with E-state index in [0.717, 1.165) is 17.1 Å². The van der Waals surface area contributed by atoms with E-state index in [4.69, 9.17) is 0 Å². The van der Waals surface area contributed by atoms with Gasteiger partial charge >= 0.3 is 0 Å². The highest BCUT2D eigenvalue weighted by Crippen LogP contribution is 2.25. The molecule has 0 fully saturated rings. The molecule has 0 aromatic carbocycles. The van der Waals surface area contributed by atoms with Gasteiger partial charge in [0.1, 0.15) is 10.7 Å². The smallest absolute Gasteiger partial charge is 0.270 e. The first kappa shape index (κ1) is 13.7. The Balaban J connectivity index is 2.16. The van der Waals surface area contributed by atoms with Crippen LogP contribution in [0.1, 0.15) is 45.5 Å². The normalized spacial score (nSPS) is 12.4. The summed E-state index contributed by atoms with van der Waals surface area (Å²) in [5, 5.41) is 3.98. The first-order valence-electron chi connectivity index (χ1n) is 6.24. The van der Waals surface area contributed by atoms with Crippen molar-refractivity contribution in [3.05, 3.63) is 33.8 Å². The number of rotatable bonds is 4. The van der Waals surface area contributed by atoms with Crippen molar-refractivity contribution < 1.29 is 4.79 Å². The first-order valence-corrected chi connectivity index (χ1v) is 7.05. The SMILES string of the molecule is CCC(NC(=O)c1cncn1C)c1nc(C)c(C)s1. The van der Waals surface area contributed by atoms with Crippen molar-refractivity contribution in [1.29, 1.82) is 0 Å². The average molecular weight is 278 g/mol. The molecule has 0 radical (unpaired) electrons. The van der Waals surface area contributed by atoms with Gasteiger partial charge in [-0.2, -0.15) is 0 Å². The fourth-order valence-corrected chi connectivity index (χ4v) is 2.85. The summed E-state index contributed by atoms with van der Waals surface area (Å²) in [6.45, 7) is 6.08. The molecule has 5 nitrogen and oxygen atoms in total. The van der Waals surface area contributed by atoms with E-state index >= 15 is 0 Å². The Hall–Kier alpha value is -1.69. The molecule has 0 aliphatic rings. The number of aromatic nitrogens is 3. The number of carbonyl (C=O) groups excluding carboxylic acids is 1. The molecule has 0 aliphatic heterocycles. The third-order valence-corrected chi connectivity index (χ3v) is 4.29. The molecule has 0 spiro atoms. The van der Waals surface area contributed by atoms with Gasteiger partial charge in [0.15, 0.2) is 0 Å². The molecule has 1 unspecified atom stereocenters. The van der Waals surface area contributed by atoms with Crippen molar-refractivity contribution in [2.45, 2.75) is 33.2 Å². The molecule has 2 aromatic heterocycles. The second-order valence-electron chi connectivity index (χ2n) is 4.52. The highest BCUT2D eigenvalue weighted by molar-refractivity contribution is 7.11. The summed E-state index contributed by atoms with van der Waals surface area (Å²) in [6, 6.07) is -0.0419. The Morgan fingerprint density at radius 1 is 1.53 bits per heavy atom. The molecule has 1 atom stereocenters. The lowest BCUT2D eigenvalue weighted by Gasteiger charge is -2.14. The zero-order valence-corrected chi connectivity index (χ0v) is 12.4. The third-order valence-electron chi connectivity index (χ3n) is 3.11. The largest absolute Gasteiger partial charge is 0.341 e. The van der Waals surface area contributed by atoms with Crippen LogP contribution in [-0.2, 0) is 7.05 Å². The number of hydrogen-bond donors (Lipinski definition) is 1. The van der Waals surface area contributed by atoms with E-state index in [0.29, 0.717) is 5.69 Å². The monoisotopic (exact) mass is 278 g/mol. The van der Waals surface area contributed by atoms with E-state index < -0.39 is 0 Å². The van der Waals surface area contributed by atoms with E-state index in [2.05, 4.69) is 15.3 Å². The Morgan fingerprint density at radius 3 is 2.74 bits per heavy atom. The van der Waals surface area contributed by atoms with Gasteiger partial charge in [-0.05, 0) is 20.3 Å². The topological polar surface area (TPSA) is 59.8 Å². The zero-order valence-electron chi connectivity index (χ0n) is 11.6. The minimum atomic E-state index is -0.114. The predicted molar refractivity (Wildman–Crippen MR) is 75.3 cm³/mol. The lowest BCUT2D eigenvalue weighted by molar-refractivity contribution is 0.0927. The van der Waals surface area contributed by atoms with Crippen molar-refractivity contribution in [3.8, 4) is 0 Å². The van der Waals surface area contributed by atoms with Gasteiger partial charge in [-0.15, -0.1) is 11.3 Å². The number of thiazole rings is 1. The summed E-state index contributed by atoms with van der Waals surface area (Å²) in [5.41, 5.74) is 1.59. The van der Waals surface area contributed by atoms with Gasteiger partial charge in [-0.1, -0.05) is 6.92 Å². The maximum absolute atomic E-state index is 12.2. The van der Waals surface area contributed by atoms with Gasteiger partial charge in [0.2, 0.25) is 0 Å². The highest BCUT2D eigenvalue weighted by Gasteiger charge is 2.19. The molecule has 1 N–H and O–H groups in total. The van der Waals surface area contributed by atoms with Crippen LogP contribution in [0.15, 0.2) is 12.5 Å². The second-order valence-corrected chi connectivity index (χ2v) is 5.75. The van der Waals surface area contributed by atoms with Gasteiger partial charge in [-0.25, -0.2) is 9.97 Å². The molecular formula is C13H18N4OS. The van der Waals surface area contributed by atoms with Crippen molar-refractivity contribution >= 4 is 17.2 Å². The van der Waals surface area contributed by atoms with Crippen LogP contribution in [0, 0.1) is 13.8 Å². The standard InChI is InChI=1S/C13H18N4OS/c1-5-10(13-15-8(2)9(3)19-13)16-12(18)11-6-14-7-17(11)4/h6-7,10H,5H2,1-4H3,(H,16,18). The Kier molecular flexibility index (Phi) is 3.99. The molecule has 19 heavy (non-hydrogen) atoms. The van der Waals surface area contributed by atoms with Crippen LogP contribution in [-0.4, -0.2) is 20.4 Å². The molecule has 0 saturated heterocycles. The molecule has 0 bridgehead atoms. The van der Waals surface area contributed by atoms with Gasteiger partial charge in [0.25, 0.3) is 5.91 Å². The quantitative estimate of drug-likeness (QED) is 0.934. The summed E-state index contributed by atoms with van der Waals surface area (Å²) in [5.74, 6) is -0.114. The highest BCUT2D eigenvalue weighted by atomic mass is 32.1. The van der Waals surface area contributed by atoms with Crippen LogP contribution in [0.4, 0.5) is 0 Å². The maximum atomic E-state index is 12.2. The van der Waals surface area contributed by atoms with Crippen LogP contribution in [0.2, 0.25) is 0 Å². The van der Waals surface area contributed by atoms with E-state index in [9.17, 15) is 4.79 Å². The van der Waals surface area contributed by atoms with E-state index in [1.807, 2.05) is 20.8 Å². The minimum absolute atomic E-state index is 0.0419. The second kappa shape index (κ2) is 5.52. The Bertz CT molecular complexity index is 568. The molecular weight excluding hydrogens is 260 g/mol. The Morgan fingerprint density at radius 2 is 2.26 bits per heavy atom. The molecule has 102 valence electrons. The molecule has 2 aromatic rings. The van der Waals surface area contributed by atoms with Crippen molar-refractivity contribution in [2.75, 3.05) is 0 Å². The van der Waals surface area contributed by atoms with E-state index in [1.165, 1.54) is 4.88 Å². The number of imidazole rings is 1. The van der Waals surface area contributed by atoms with Crippen molar-refractivity contribution in [3.63, 3.8) is 0 Å². The van der Waals surface area contributed by atoms with Crippen molar-refractivity contribution in [2.24, 2.45) is 7.05 Å². The maximum Gasteiger partial charge on any atom is 0.270 e. The van der Waals surface area contributed by atoms with E-state index in [-0.39, 0.29) is 11.9 Å². The average Bonchev–Trinajstić information content (AvgIpc) is 2.93. The number of amides is 1. The molecule has 0 saturated carbocycles. The third kappa shape index (κ3) is 2.84. The number of hydrogen-bond acceptors (Lipinski definition) is 4. The Labute approximate surface area is 116 Å². The number of nitrogens with one attached hydrogen (secondary N) is 1. The van der Waals surface area contributed by atoms with Gasteiger partial charge < -0.3 is 9.88 Å². The van der Waals surface area contributed by atoms with Gasteiger partial charge in [0, 0.05) is 11.9 Å². The van der Waals surface area contributed by atoms with Crippen LogP contribution >= 0.6 is 11.3 Å². The molecule has 2 rings (SSSR count). The fourth-order valence-electron chi connectivity index (χ4n) is 1.79. The number of nitrogens with zero attached hydrogens (tertiary/aromatic N) is 3. The van der Waals surface area contributed by atoms with E-state index in [1.54, 1.807) is 35.5 Å². The van der Waals surface area contributed by atoms with Gasteiger partial charge in [-0.3, -0.25) is 4.79 Å².